The summed E-state index contributed by atoms with van der Waals surface area (Å²) in [7, 11) is 0. The van der Waals surface area contributed by atoms with Gasteiger partial charge in [-0.1, -0.05) is 36.4 Å². The standard InChI is InChI=1S/C28H21N3O6/c1-2-36-21-14-16(11-12-19(21)32)24-23(25(33)22-13-15-7-3-6-10-20(15)37-22)26(34)27(35)31(24)28-29-17-8-4-5-9-18(17)30-28/h3-14,24,32,34H,2H2,1H3,(H,29,30). The number of carbonyl (C=O) groups is 2. The van der Waals surface area contributed by atoms with Crippen molar-refractivity contribution in [2.45, 2.75) is 13.0 Å². The van der Waals surface area contributed by atoms with Gasteiger partial charge in [-0.3, -0.25) is 14.5 Å². The van der Waals surface area contributed by atoms with Gasteiger partial charge >= 0.3 is 0 Å². The number of aromatic nitrogens is 2. The number of ketones is 1. The molecule has 1 aliphatic rings. The third-order valence-electron chi connectivity index (χ3n) is 6.31. The van der Waals surface area contributed by atoms with Crippen LogP contribution >= 0.6 is 0 Å². The molecule has 0 bridgehead atoms. The Kier molecular flexibility index (Phi) is 5.19. The van der Waals surface area contributed by atoms with Gasteiger partial charge in [0.2, 0.25) is 11.7 Å². The first-order chi connectivity index (χ1) is 18.0. The predicted octanol–water partition coefficient (Wildman–Crippen LogP) is 5.20. The van der Waals surface area contributed by atoms with Gasteiger partial charge in [-0.25, -0.2) is 4.98 Å². The summed E-state index contributed by atoms with van der Waals surface area (Å²) in [5, 5.41) is 22.0. The van der Waals surface area contributed by atoms with Crippen LogP contribution in [0.2, 0.25) is 0 Å². The average molecular weight is 495 g/mol. The van der Waals surface area contributed by atoms with Crippen molar-refractivity contribution in [3.05, 3.63) is 95.5 Å². The second-order valence-corrected chi connectivity index (χ2v) is 8.56. The van der Waals surface area contributed by atoms with E-state index < -0.39 is 23.5 Å². The molecule has 0 spiro atoms. The molecule has 37 heavy (non-hydrogen) atoms. The summed E-state index contributed by atoms with van der Waals surface area (Å²) in [4.78, 5) is 36.1. The summed E-state index contributed by atoms with van der Waals surface area (Å²) < 4.78 is 11.3. The number of benzene rings is 3. The number of nitrogens with one attached hydrogen (secondary N) is 1. The lowest BCUT2D eigenvalue weighted by Gasteiger charge is -2.25. The highest BCUT2D eigenvalue weighted by Crippen LogP contribution is 2.43. The molecule has 0 saturated carbocycles. The van der Waals surface area contributed by atoms with Gasteiger partial charge in [0.25, 0.3) is 5.91 Å². The van der Waals surface area contributed by atoms with E-state index in [0.717, 1.165) is 0 Å². The number of Topliss-reactive ketones (excluding diaryl/α,β-unsaturated/α-hetero) is 1. The molecule has 1 aliphatic heterocycles. The number of aliphatic hydroxyl groups is 1. The molecule has 6 rings (SSSR count). The number of furan rings is 1. The third-order valence-corrected chi connectivity index (χ3v) is 6.31. The van der Waals surface area contributed by atoms with Crippen molar-refractivity contribution >= 4 is 39.6 Å². The number of fused-ring (bicyclic) bond motifs is 2. The summed E-state index contributed by atoms with van der Waals surface area (Å²) in [5.41, 5.74) is 2.06. The van der Waals surface area contributed by atoms with Crippen molar-refractivity contribution < 1.29 is 29.0 Å². The van der Waals surface area contributed by atoms with E-state index in [0.29, 0.717) is 34.2 Å². The zero-order valence-corrected chi connectivity index (χ0v) is 19.6. The molecule has 1 atom stereocenters. The largest absolute Gasteiger partial charge is 0.504 e. The van der Waals surface area contributed by atoms with Gasteiger partial charge in [-0.05, 0) is 48.9 Å². The van der Waals surface area contributed by atoms with Crippen LogP contribution in [0.15, 0.2) is 88.5 Å². The number of rotatable bonds is 6. The Bertz CT molecular complexity index is 1660. The molecule has 184 valence electrons. The molecule has 1 amide bonds. The van der Waals surface area contributed by atoms with Crippen LogP contribution in [0.4, 0.5) is 5.95 Å². The van der Waals surface area contributed by atoms with Gasteiger partial charge < -0.3 is 24.4 Å². The van der Waals surface area contributed by atoms with E-state index in [9.17, 15) is 19.8 Å². The molecule has 3 heterocycles. The number of carbonyl (C=O) groups excluding carboxylic acids is 2. The minimum atomic E-state index is -1.08. The summed E-state index contributed by atoms with van der Waals surface area (Å²) in [5.74, 6) is -1.92. The number of hydrogen-bond acceptors (Lipinski definition) is 7. The monoisotopic (exact) mass is 495 g/mol. The summed E-state index contributed by atoms with van der Waals surface area (Å²) in [6.45, 7) is 2.06. The van der Waals surface area contributed by atoms with Gasteiger partial charge in [-0.15, -0.1) is 0 Å². The van der Waals surface area contributed by atoms with E-state index in [1.165, 1.54) is 17.0 Å². The molecular weight excluding hydrogens is 474 g/mol. The topological polar surface area (TPSA) is 129 Å². The molecule has 0 radical (unpaired) electrons. The zero-order chi connectivity index (χ0) is 25.7. The highest BCUT2D eigenvalue weighted by Gasteiger charge is 2.46. The van der Waals surface area contributed by atoms with Crippen LogP contribution in [0.1, 0.15) is 29.1 Å². The van der Waals surface area contributed by atoms with Crippen LogP contribution in [-0.4, -0.2) is 38.5 Å². The second-order valence-electron chi connectivity index (χ2n) is 8.56. The number of phenolic OH excluding ortho intramolecular Hbond substituents is 1. The van der Waals surface area contributed by atoms with Gasteiger partial charge in [0, 0.05) is 5.39 Å². The second kappa shape index (κ2) is 8.56. The number of nitrogens with zero attached hydrogens (tertiary/aromatic N) is 2. The lowest BCUT2D eigenvalue weighted by Crippen LogP contribution is -2.32. The summed E-state index contributed by atoms with van der Waals surface area (Å²) >= 11 is 0. The van der Waals surface area contributed by atoms with Crippen molar-refractivity contribution in [2.75, 3.05) is 11.5 Å². The Balaban J connectivity index is 1.53. The van der Waals surface area contributed by atoms with Gasteiger partial charge in [0.05, 0.1) is 29.3 Å². The Labute approximate surface area is 210 Å². The maximum Gasteiger partial charge on any atom is 0.296 e. The maximum atomic E-state index is 13.8. The van der Waals surface area contributed by atoms with E-state index >= 15 is 0 Å². The SMILES string of the molecule is CCOc1cc(C2C(C(=O)c3cc4ccccc4o3)=C(O)C(=O)N2c2nc3ccccc3[nH]2)ccc1O. The van der Waals surface area contributed by atoms with Crippen molar-refractivity contribution in [1.82, 2.24) is 9.97 Å². The molecule has 3 N–H and O–H groups in total. The van der Waals surface area contributed by atoms with E-state index in [2.05, 4.69) is 9.97 Å². The maximum absolute atomic E-state index is 13.8. The highest BCUT2D eigenvalue weighted by atomic mass is 16.5. The Morgan fingerprint density at radius 1 is 1.08 bits per heavy atom. The molecule has 0 saturated heterocycles. The normalized spacial score (nSPS) is 15.8. The van der Waals surface area contributed by atoms with Crippen LogP contribution in [0.25, 0.3) is 22.0 Å². The molecule has 0 fully saturated rings. The number of aliphatic hydroxyl groups excluding tert-OH is 1. The number of para-hydroxylation sites is 3. The summed E-state index contributed by atoms with van der Waals surface area (Å²) in [6.07, 6.45) is 0. The lowest BCUT2D eigenvalue weighted by atomic mass is 9.94. The quantitative estimate of drug-likeness (QED) is 0.276. The molecule has 3 aromatic carbocycles. The van der Waals surface area contributed by atoms with Gasteiger partial charge in [0.1, 0.15) is 5.58 Å². The Morgan fingerprint density at radius 3 is 2.65 bits per heavy atom. The van der Waals surface area contributed by atoms with Crippen LogP contribution in [0, 0.1) is 0 Å². The minimum Gasteiger partial charge on any atom is -0.504 e. The van der Waals surface area contributed by atoms with Crippen molar-refractivity contribution in [3.8, 4) is 11.5 Å². The first-order valence-corrected chi connectivity index (χ1v) is 11.7. The molecule has 2 aromatic heterocycles. The Hall–Kier alpha value is -5.05. The zero-order valence-electron chi connectivity index (χ0n) is 19.6. The number of H-pyrrole nitrogens is 1. The lowest BCUT2D eigenvalue weighted by molar-refractivity contribution is -0.117. The number of imidazole rings is 1. The number of amides is 1. The highest BCUT2D eigenvalue weighted by molar-refractivity contribution is 6.20. The van der Waals surface area contributed by atoms with Crippen molar-refractivity contribution in [1.29, 1.82) is 0 Å². The van der Waals surface area contributed by atoms with E-state index in [1.807, 2.05) is 24.3 Å². The third kappa shape index (κ3) is 3.59. The predicted molar refractivity (Wildman–Crippen MR) is 136 cm³/mol. The van der Waals surface area contributed by atoms with Gasteiger partial charge in [-0.2, -0.15) is 0 Å². The van der Waals surface area contributed by atoms with Gasteiger partial charge in [0.15, 0.2) is 23.0 Å². The Morgan fingerprint density at radius 2 is 1.86 bits per heavy atom. The number of aromatic hydroxyl groups is 1. The average Bonchev–Trinajstić information content (AvgIpc) is 3.59. The molecule has 1 unspecified atom stereocenters. The molecule has 0 aliphatic carbocycles. The van der Waals surface area contributed by atoms with Crippen LogP contribution in [0.3, 0.4) is 0 Å². The fourth-order valence-electron chi connectivity index (χ4n) is 4.62. The number of ether oxygens (including phenoxy) is 1. The minimum absolute atomic E-state index is 0.0178. The molecule has 5 aromatic rings. The van der Waals surface area contributed by atoms with E-state index in [4.69, 9.17) is 9.15 Å². The van der Waals surface area contributed by atoms with Crippen molar-refractivity contribution in [3.63, 3.8) is 0 Å². The van der Waals surface area contributed by atoms with Crippen molar-refractivity contribution in [2.24, 2.45) is 0 Å². The first kappa shape index (κ1) is 22.4. The van der Waals surface area contributed by atoms with Crippen LogP contribution in [-0.2, 0) is 4.79 Å². The fraction of sp³-hybridized carbons (Fsp3) is 0.107. The van der Waals surface area contributed by atoms with Crippen LogP contribution < -0.4 is 9.64 Å². The molecule has 9 nitrogen and oxygen atoms in total. The number of phenols is 1. The first-order valence-electron chi connectivity index (χ1n) is 11.7. The number of aromatic amines is 1. The summed E-state index contributed by atoms with van der Waals surface area (Å²) in [6, 6.07) is 19.4. The van der Waals surface area contributed by atoms with E-state index in [1.54, 1.807) is 43.3 Å². The molecule has 9 heteroatoms. The molecular formula is C28H21N3O6. The van der Waals surface area contributed by atoms with E-state index in [-0.39, 0.29) is 28.8 Å². The number of hydrogen-bond donors (Lipinski definition) is 3. The number of anilines is 1. The van der Waals surface area contributed by atoms with Crippen LogP contribution in [0.5, 0.6) is 11.5 Å². The fourth-order valence-corrected chi connectivity index (χ4v) is 4.62. The smallest absolute Gasteiger partial charge is 0.296 e.